The van der Waals surface area contributed by atoms with E-state index in [0.29, 0.717) is 24.7 Å². The zero-order chi connectivity index (χ0) is 15.4. The van der Waals surface area contributed by atoms with E-state index < -0.39 is 0 Å². The average molecular weight is 374 g/mol. The minimum absolute atomic E-state index is 0.313. The first kappa shape index (κ1) is 16.2. The quantitative estimate of drug-likeness (QED) is 0.629. The molecule has 1 aromatic heterocycles. The number of alkyl halides is 1. The van der Waals surface area contributed by atoms with Crippen LogP contribution in [0.5, 0.6) is 11.5 Å². The third-order valence-electron chi connectivity index (χ3n) is 2.98. The van der Waals surface area contributed by atoms with Gasteiger partial charge in [-0.2, -0.15) is 0 Å². The molecule has 0 saturated heterocycles. The molecule has 0 saturated carbocycles. The minimum Gasteiger partial charge on any atom is -0.490 e. The predicted octanol–water partition coefficient (Wildman–Crippen LogP) is 5.48. The monoisotopic (exact) mass is 372 g/mol. The maximum absolute atomic E-state index is 6.57. The molecular weight excluding hydrogens is 356 g/mol. The highest BCUT2D eigenvalue weighted by Gasteiger charge is 2.19. The summed E-state index contributed by atoms with van der Waals surface area (Å²) in [5, 5.41) is -0.313. The van der Waals surface area contributed by atoms with Crippen molar-refractivity contribution in [2.45, 2.75) is 26.1 Å². The van der Waals surface area contributed by atoms with Crippen LogP contribution in [0.15, 0.2) is 33.4 Å². The van der Waals surface area contributed by atoms with Gasteiger partial charge in [0.15, 0.2) is 11.5 Å². The summed E-state index contributed by atoms with van der Waals surface area (Å²) < 4.78 is 17.5. The van der Waals surface area contributed by atoms with Crippen LogP contribution in [0.2, 0.25) is 0 Å². The van der Waals surface area contributed by atoms with Crippen molar-refractivity contribution in [3.63, 3.8) is 0 Å². The molecule has 0 radical (unpaired) electrons. The van der Waals surface area contributed by atoms with Gasteiger partial charge in [0.05, 0.1) is 24.9 Å². The average Bonchev–Trinajstić information content (AvgIpc) is 2.88. The number of halogens is 2. The van der Waals surface area contributed by atoms with E-state index in [1.54, 1.807) is 6.26 Å². The van der Waals surface area contributed by atoms with Crippen LogP contribution in [0.25, 0.3) is 0 Å². The van der Waals surface area contributed by atoms with Crippen LogP contribution in [-0.4, -0.2) is 13.2 Å². The Bertz CT molecular complexity index is 610. The molecule has 0 bridgehead atoms. The standard InChI is InChI=1S/C16H18BrClO3/c1-4-19-14-7-12(13(17)8-15(14)20-5-2)16(18)11-6-10(3)21-9-11/h6-9,16H,4-5H2,1-3H3. The molecule has 0 aliphatic carbocycles. The van der Waals surface area contributed by atoms with Crippen LogP contribution >= 0.6 is 27.5 Å². The first-order chi connectivity index (χ1) is 10.1. The summed E-state index contributed by atoms with van der Waals surface area (Å²) in [6.45, 7) is 6.92. The molecule has 21 heavy (non-hydrogen) atoms. The fourth-order valence-corrected chi connectivity index (χ4v) is 3.04. The summed E-state index contributed by atoms with van der Waals surface area (Å²) in [4.78, 5) is 0. The van der Waals surface area contributed by atoms with Gasteiger partial charge in [0, 0.05) is 10.0 Å². The van der Waals surface area contributed by atoms with Gasteiger partial charge in [0.2, 0.25) is 0 Å². The molecule has 2 aromatic rings. The van der Waals surface area contributed by atoms with Gasteiger partial charge in [-0.25, -0.2) is 0 Å². The third kappa shape index (κ3) is 3.74. The zero-order valence-corrected chi connectivity index (χ0v) is 14.6. The van der Waals surface area contributed by atoms with Gasteiger partial charge in [0.1, 0.15) is 5.76 Å². The van der Waals surface area contributed by atoms with Crippen LogP contribution in [0, 0.1) is 6.92 Å². The van der Waals surface area contributed by atoms with E-state index in [4.69, 9.17) is 25.5 Å². The largest absolute Gasteiger partial charge is 0.490 e. The third-order valence-corrected chi connectivity index (χ3v) is 4.15. The second-order valence-electron chi connectivity index (χ2n) is 4.54. The second kappa shape index (κ2) is 7.23. The van der Waals surface area contributed by atoms with Gasteiger partial charge in [0.25, 0.3) is 0 Å². The predicted molar refractivity (Wildman–Crippen MR) is 87.6 cm³/mol. The van der Waals surface area contributed by atoms with E-state index in [2.05, 4.69) is 15.9 Å². The molecule has 1 atom stereocenters. The molecule has 1 aromatic carbocycles. The van der Waals surface area contributed by atoms with Gasteiger partial charge in [-0.15, -0.1) is 11.6 Å². The summed E-state index contributed by atoms with van der Waals surface area (Å²) >= 11 is 10.1. The van der Waals surface area contributed by atoms with Crippen LogP contribution in [0.1, 0.15) is 36.1 Å². The Hall–Kier alpha value is -1.13. The minimum atomic E-state index is -0.313. The van der Waals surface area contributed by atoms with Crippen LogP contribution in [-0.2, 0) is 0 Å². The van der Waals surface area contributed by atoms with Crippen molar-refractivity contribution in [3.8, 4) is 11.5 Å². The second-order valence-corrected chi connectivity index (χ2v) is 5.83. The Morgan fingerprint density at radius 2 is 1.76 bits per heavy atom. The lowest BCUT2D eigenvalue weighted by atomic mass is 10.1. The lowest BCUT2D eigenvalue weighted by Gasteiger charge is -2.16. The van der Waals surface area contributed by atoms with E-state index in [9.17, 15) is 0 Å². The number of ether oxygens (including phenoxy) is 2. The molecule has 0 amide bonds. The van der Waals surface area contributed by atoms with Gasteiger partial charge in [-0.1, -0.05) is 15.9 Å². The van der Waals surface area contributed by atoms with Gasteiger partial charge < -0.3 is 13.9 Å². The number of hydrogen-bond acceptors (Lipinski definition) is 3. The fraction of sp³-hybridized carbons (Fsp3) is 0.375. The van der Waals surface area contributed by atoms with Crippen LogP contribution in [0.4, 0.5) is 0 Å². The van der Waals surface area contributed by atoms with Crippen LogP contribution in [0.3, 0.4) is 0 Å². The molecule has 1 heterocycles. The smallest absolute Gasteiger partial charge is 0.162 e. The van der Waals surface area contributed by atoms with Gasteiger partial charge in [-0.3, -0.25) is 0 Å². The molecule has 3 nitrogen and oxygen atoms in total. The molecule has 0 N–H and O–H groups in total. The van der Waals surface area contributed by atoms with E-state index in [1.807, 2.05) is 39.0 Å². The Labute approximate surface area is 138 Å². The summed E-state index contributed by atoms with van der Waals surface area (Å²) in [5.41, 5.74) is 1.84. The number of benzene rings is 1. The topological polar surface area (TPSA) is 31.6 Å². The molecule has 0 spiro atoms. The first-order valence-electron chi connectivity index (χ1n) is 6.84. The maximum atomic E-state index is 6.57. The molecule has 2 rings (SSSR count). The van der Waals surface area contributed by atoms with Crippen molar-refractivity contribution in [2.24, 2.45) is 0 Å². The number of rotatable bonds is 6. The molecule has 0 aliphatic rings. The molecular formula is C16H18BrClO3. The SMILES string of the molecule is CCOc1cc(Br)c(C(Cl)c2coc(C)c2)cc1OCC. The summed E-state index contributed by atoms with van der Waals surface area (Å²) in [6, 6.07) is 5.74. The Morgan fingerprint density at radius 1 is 1.14 bits per heavy atom. The van der Waals surface area contributed by atoms with E-state index in [1.165, 1.54) is 0 Å². The normalized spacial score (nSPS) is 12.2. The van der Waals surface area contributed by atoms with Gasteiger partial charge in [-0.05, 0) is 44.5 Å². The highest BCUT2D eigenvalue weighted by atomic mass is 79.9. The van der Waals surface area contributed by atoms with E-state index in [0.717, 1.165) is 21.4 Å². The molecule has 5 heteroatoms. The highest BCUT2D eigenvalue weighted by Crippen LogP contribution is 2.41. The molecule has 0 aliphatic heterocycles. The Kier molecular flexibility index (Phi) is 5.59. The fourth-order valence-electron chi connectivity index (χ4n) is 2.06. The molecule has 114 valence electrons. The molecule has 1 unspecified atom stereocenters. The lowest BCUT2D eigenvalue weighted by Crippen LogP contribution is -2.01. The van der Waals surface area contributed by atoms with Crippen molar-refractivity contribution >= 4 is 27.5 Å². The zero-order valence-electron chi connectivity index (χ0n) is 12.3. The van der Waals surface area contributed by atoms with Crippen LogP contribution < -0.4 is 9.47 Å². The van der Waals surface area contributed by atoms with E-state index in [-0.39, 0.29) is 5.38 Å². The summed E-state index contributed by atoms with van der Waals surface area (Å²) in [6.07, 6.45) is 1.68. The van der Waals surface area contributed by atoms with Crippen molar-refractivity contribution in [1.29, 1.82) is 0 Å². The van der Waals surface area contributed by atoms with Crippen molar-refractivity contribution in [1.82, 2.24) is 0 Å². The van der Waals surface area contributed by atoms with Crippen molar-refractivity contribution < 1.29 is 13.9 Å². The number of hydrogen-bond donors (Lipinski definition) is 0. The Morgan fingerprint density at radius 3 is 2.29 bits per heavy atom. The number of aryl methyl sites for hydroxylation is 1. The van der Waals surface area contributed by atoms with Crippen molar-refractivity contribution in [2.75, 3.05) is 13.2 Å². The first-order valence-corrected chi connectivity index (χ1v) is 8.07. The molecule has 0 fully saturated rings. The van der Waals surface area contributed by atoms with Gasteiger partial charge >= 0.3 is 0 Å². The maximum Gasteiger partial charge on any atom is 0.162 e. The van der Waals surface area contributed by atoms with Crippen molar-refractivity contribution in [3.05, 3.63) is 45.8 Å². The summed E-state index contributed by atoms with van der Waals surface area (Å²) in [5.74, 6) is 2.24. The highest BCUT2D eigenvalue weighted by molar-refractivity contribution is 9.10. The lowest BCUT2D eigenvalue weighted by molar-refractivity contribution is 0.287. The van der Waals surface area contributed by atoms with E-state index >= 15 is 0 Å². The Balaban J connectivity index is 2.40. The number of furan rings is 1. The summed E-state index contributed by atoms with van der Waals surface area (Å²) in [7, 11) is 0.